The number of aryl methyl sites for hydroxylation is 1. The molecule has 1 amide bonds. The molecule has 0 aromatic heterocycles. The molecule has 0 radical (unpaired) electrons. The first-order chi connectivity index (χ1) is 14.0. The van der Waals surface area contributed by atoms with Crippen molar-refractivity contribution in [1.82, 2.24) is 4.90 Å². The van der Waals surface area contributed by atoms with Gasteiger partial charge in [-0.15, -0.1) is 11.8 Å². The van der Waals surface area contributed by atoms with E-state index in [2.05, 4.69) is 36.9 Å². The van der Waals surface area contributed by atoms with Crippen molar-refractivity contribution in [2.24, 2.45) is 0 Å². The van der Waals surface area contributed by atoms with Gasteiger partial charge >= 0.3 is 5.97 Å². The standard InChI is InChI=1S/C23H28N2O3S/c1-17-8-7-11-21(18(17)2)24-12-14-25(15-13-24)22(26)16-28-23(27)19(3)29-20-9-5-4-6-10-20/h4-11,19H,12-16H2,1-3H3/t19-/m1/s1. The van der Waals surface area contributed by atoms with Crippen LogP contribution in [0.4, 0.5) is 5.69 Å². The summed E-state index contributed by atoms with van der Waals surface area (Å²) in [5, 5.41) is -0.355. The maximum Gasteiger partial charge on any atom is 0.319 e. The first-order valence-corrected chi connectivity index (χ1v) is 10.8. The Bertz CT molecular complexity index is 848. The quantitative estimate of drug-likeness (QED) is 0.535. The van der Waals surface area contributed by atoms with Gasteiger partial charge in [-0.3, -0.25) is 9.59 Å². The average molecular weight is 413 g/mol. The summed E-state index contributed by atoms with van der Waals surface area (Å²) in [5.41, 5.74) is 3.79. The number of rotatable bonds is 6. The molecular weight excluding hydrogens is 384 g/mol. The fraction of sp³-hybridized carbons (Fsp3) is 0.391. The summed E-state index contributed by atoms with van der Waals surface area (Å²) in [6.07, 6.45) is 0. The number of anilines is 1. The Labute approximate surface area is 177 Å². The fourth-order valence-corrected chi connectivity index (χ4v) is 4.25. The van der Waals surface area contributed by atoms with Gasteiger partial charge in [-0.25, -0.2) is 0 Å². The third-order valence-corrected chi connectivity index (χ3v) is 6.37. The maximum atomic E-state index is 12.5. The number of hydrogen-bond acceptors (Lipinski definition) is 5. The Kier molecular flexibility index (Phi) is 7.20. The van der Waals surface area contributed by atoms with Crippen LogP contribution in [0, 0.1) is 13.8 Å². The predicted octanol–water partition coefficient (Wildman–Crippen LogP) is 3.68. The van der Waals surface area contributed by atoms with E-state index in [-0.39, 0.29) is 23.7 Å². The first kappa shape index (κ1) is 21.2. The lowest BCUT2D eigenvalue weighted by Crippen LogP contribution is -2.50. The maximum absolute atomic E-state index is 12.5. The van der Waals surface area contributed by atoms with Crippen LogP contribution in [0.3, 0.4) is 0 Å². The molecule has 0 saturated carbocycles. The number of amides is 1. The largest absolute Gasteiger partial charge is 0.455 e. The third kappa shape index (κ3) is 5.54. The zero-order chi connectivity index (χ0) is 20.8. The van der Waals surface area contributed by atoms with E-state index in [1.165, 1.54) is 28.6 Å². The summed E-state index contributed by atoms with van der Waals surface area (Å²) in [4.78, 5) is 29.8. The minimum atomic E-state index is -0.360. The SMILES string of the molecule is Cc1cccc(N2CCN(C(=O)COC(=O)[C@@H](C)Sc3ccccc3)CC2)c1C. The Hall–Kier alpha value is -2.47. The van der Waals surface area contributed by atoms with Crippen molar-refractivity contribution in [1.29, 1.82) is 0 Å². The minimum Gasteiger partial charge on any atom is -0.455 e. The van der Waals surface area contributed by atoms with Gasteiger partial charge in [0, 0.05) is 36.8 Å². The van der Waals surface area contributed by atoms with Crippen LogP contribution in [0.1, 0.15) is 18.1 Å². The van der Waals surface area contributed by atoms with Crippen LogP contribution in [0.15, 0.2) is 53.4 Å². The Morgan fingerprint density at radius 2 is 1.69 bits per heavy atom. The highest BCUT2D eigenvalue weighted by Gasteiger charge is 2.24. The summed E-state index contributed by atoms with van der Waals surface area (Å²) in [6, 6.07) is 16.0. The van der Waals surface area contributed by atoms with Gasteiger partial charge in [0.25, 0.3) is 5.91 Å². The van der Waals surface area contributed by atoms with Crippen molar-refractivity contribution in [3.05, 3.63) is 59.7 Å². The van der Waals surface area contributed by atoms with E-state index < -0.39 is 0 Å². The lowest BCUT2D eigenvalue weighted by molar-refractivity contribution is -0.151. The smallest absolute Gasteiger partial charge is 0.319 e. The molecule has 3 rings (SSSR count). The predicted molar refractivity (Wildman–Crippen MR) is 117 cm³/mol. The molecule has 29 heavy (non-hydrogen) atoms. The number of carbonyl (C=O) groups excluding carboxylic acids is 2. The molecule has 0 unspecified atom stereocenters. The molecule has 5 nitrogen and oxygen atoms in total. The minimum absolute atomic E-state index is 0.129. The highest BCUT2D eigenvalue weighted by Crippen LogP contribution is 2.25. The zero-order valence-corrected chi connectivity index (χ0v) is 18.1. The van der Waals surface area contributed by atoms with E-state index in [0.717, 1.165) is 18.0 Å². The summed E-state index contributed by atoms with van der Waals surface area (Å²) < 4.78 is 5.27. The number of esters is 1. The number of nitrogens with zero attached hydrogens (tertiary/aromatic N) is 2. The average Bonchev–Trinajstić information content (AvgIpc) is 2.74. The first-order valence-electron chi connectivity index (χ1n) is 9.93. The van der Waals surface area contributed by atoms with Crippen LogP contribution >= 0.6 is 11.8 Å². The van der Waals surface area contributed by atoms with Crippen LogP contribution in [0.25, 0.3) is 0 Å². The summed E-state index contributed by atoms with van der Waals surface area (Å²) in [5.74, 6) is -0.489. The Morgan fingerprint density at radius 3 is 2.38 bits per heavy atom. The normalized spacial score (nSPS) is 15.1. The van der Waals surface area contributed by atoms with E-state index in [0.29, 0.717) is 13.1 Å². The van der Waals surface area contributed by atoms with Gasteiger partial charge in [-0.05, 0) is 50.1 Å². The van der Waals surface area contributed by atoms with Gasteiger partial charge in [0.2, 0.25) is 0 Å². The van der Waals surface area contributed by atoms with Gasteiger partial charge in [-0.2, -0.15) is 0 Å². The van der Waals surface area contributed by atoms with E-state index in [1.807, 2.05) is 30.3 Å². The number of benzene rings is 2. The molecule has 0 bridgehead atoms. The Morgan fingerprint density at radius 1 is 1.00 bits per heavy atom. The number of ether oxygens (including phenoxy) is 1. The van der Waals surface area contributed by atoms with Crippen molar-refractivity contribution in [3.8, 4) is 0 Å². The molecule has 1 aliphatic heterocycles. The lowest BCUT2D eigenvalue weighted by atomic mass is 10.1. The van der Waals surface area contributed by atoms with Crippen LogP contribution in [-0.2, 0) is 14.3 Å². The molecular formula is C23H28N2O3S. The van der Waals surface area contributed by atoms with Crippen molar-refractivity contribution in [2.75, 3.05) is 37.7 Å². The second kappa shape index (κ2) is 9.83. The second-order valence-electron chi connectivity index (χ2n) is 7.27. The van der Waals surface area contributed by atoms with E-state index in [1.54, 1.807) is 11.8 Å². The molecule has 2 aromatic carbocycles. The molecule has 154 valence electrons. The molecule has 0 spiro atoms. The van der Waals surface area contributed by atoms with Crippen molar-refractivity contribution in [2.45, 2.75) is 30.9 Å². The van der Waals surface area contributed by atoms with Crippen molar-refractivity contribution in [3.63, 3.8) is 0 Å². The molecule has 2 aromatic rings. The topological polar surface area (TPSA) is 49.9 Å². The highest BCUT2D eigenvalue weighted by molar-refractivity contribution is 8.00. The number of piperazine rings is 1. The third-order valence-electron chi connectivity index (χ3n) is 5.27. The molecule has 1 atom stereocenters. The number of carbonyl (C=O) groups is 2. The van der Waals surface area contributed by atoms with E-state index in [4.69, 9.17) is 4.74 Å². The summed E-state index contributed by atoms with van der Waals surface area (Å²) >= 11 is 1.43. The summed E-state index contributed by atoms with van der Waals surface area (Å²) in [6.45, 7) is 8.69. The van der Waals surface area contributed by atoms with Crippen molar-refractivity contribution >= 4 is 29.3 Å². The monoisotopic (exact) mass is 412 g/mol. The molecule has 0 aliphatic carbocycles. The summed E-state index contributed by atoms with van der Waals surface area (Å²) in [7, 11) is 0. The molecule has 1 aliphatic rings. The molecule has 1 heterocycles. The second-order valence-corrected chi connectivity index (χ2v) is 8.68. The van der Waals surface area contributed by atoms with Crippen LogP contribution in [0.2, 0.25) is 0 Å². The van der Waals surface area contributed by atoms with Gasteiger partial charge < -0.3 is 14.5 Å². The Balaban J connectivity index is 1.45. The number of thioether (sulfide) groups is 1. The van der Waals surface area contributed by atoms with Crippen LogP contribution in [0.5, 0.6) is 0 Å². The van der Waals surface area contributed by atoms with Crippen LogP contribution in [-0.4, -0.2) is 54.8 Å². The molecule has 6 heteroatoms. The highest BCUT2D eigenvalue weighted by atomic mass is 32.2. The van der Waals surface area contributed by atoms with E-state index in [9.17, 15) is 9.59 Å². The molecule has 0 N–H and O–H groups in total. The van der Waals surface area contributed by atoms with Gasteiger partial charge in [0.15, 0.2) is 6.61 Å². The van der Waals surface area contributed by atoms with E-state index >= 15 is 0 Å². The fourth-order valence-electron chi connectivity index (χ4n) is 3.37. The van der Waals surface area contributed by atoms with Crippen molar-refractivity contribution < 1.29 is 14.3 Å². The molecule has 1 fully saturated rings. The molecule has 1 saturated heterocycles. The lowest BCUT2D eigenvalue weighted by Gasteiger charge is -2.37. The van der Waals surface area contributed by atoms with Gasteiger partial charge in [-0.1, -0.05) is 30.3 Å². The van der Waals surface area contributed by atoms with Gasteiger partial charge in [0.05, 0.1) is 0 Å². The zero-order valence-electron chi connectivity index (χ0n) is 17.3. The number of hydrogen-bond donors (Lipinski definition) is 0. The van der Waals surface area contributed by atoms with Gasteiger partial charge in [0.1, 0.15) is 5.25 Å². The van der Waals surface area contributed by atoms with Crippen LogP contribution < -0.4 is 4.90 Å².